The highest BCUT2D eigenvalue weighted by Crippen LogP contribution is 2.31. The van der Waals surface area contributed by atoms with Gasteiger partial charge in [0, 0.05) is 29.7 Å². The van der Waals surface area contributed by atoms with Crippen LogP contribution in [0.2, 0.25) is 0 Å². The van der Waals surface area contributed by atoms with E-state index in [1.54, 1.807) is 6.20 Å². The molecule has 0 radical (unpaired) electrons. The van der Waals surface area contributed by atoms with Crippen molar-refractivity contribution in [3.05, 3.63) is 60.0 Å². The van der Waals surface area contributed by atoms with Crippen molar-refractivity contribution in [2.24, 2.45) is 5.92 Å². The van der Waals surface area contributed by atoms with E-state index in [4.69, 9.17) is 0 Å². The van der Waals surface area contributed by atoms with Crippen LogP contribution in [-0.4, -0.2) is 38.3 Å². The van der Waals surface area contributed by atoms with Crippen molar-refractivity contribution in [3.8, 4) is 0 Å². The number of carbonyl (C=O) groups is 1. The highest BCUT2D eigenvalue weighted by atomic mass is 16.3. The Balaban J connectivity index is 1.54. The number of aromatic nitrogens is 3. The van der Waals surface area contributed by atoms with Crippen molar-refractivity contribution in [1.82, 2.24) is 20.5 Å². The average molecular weight is 336 g/mol. The molecule has 1 atom stereocenters. The summed E-state index contributed by atoms with van der Waals surface area (Å²) in [7, 11) is 0. The van der Waals surface area contributed by atoms with Gasteiger partial charge in [0.1, 0.15) is 0 Å². The number of carbonyl (C=O) groups excluding carboxylic acids is 1. The molecule has 3 aromatic rings. The molecule has 6 nitrogen and oxygen atoms in total. The first-order valence-electron chi connectivity index (χ1n) is 8.52. The lowest BCUT2D eigenvalue weighted by atomic mass is 9.76. The third kappa shape index (κ3) is 3.25. The highest BCUT2D eigenvalue weighted by Gasteiger charge is 2.35. The monoisotopic (exact) mass is 336 g/mol. The minimum absolute atomic E-state index is 0.0683. The molecular weight excluding hydrogens is 316 g/mol. The van der Waals surface area contributed by atoms with E-state index in [1.807, 2.05) is 42.5 Å². The number of aliphatic hydroxyl groups excluding tert-OH is 1. The van der Waals surface area contributed by atoms with Crippen LogP contribution in [0.4, 0.5) is 0 Å². The summed E-state index contributed by atoms with van der Waals surface area (Å²) in [6.07, 6.45) is 3.55. The number of aliphatic hydroxyl groups is 1. The number of amides is 1. The molecule has 1 saturated carbocycles. The van der Waals surface area contributed by atoms with Crippen molar-refractivity contribution < 1.29 is 9.90 Å². The Morgan fingerprint density at radius 1 is 1.24 bits per heavy atom. The summed E-state index contributed by atoms with van der Waals surface area (Å²) in [5.41, 5.74) is 2.18. The molecule has 2 heterocycles. The standard InChI is InChI=1S/C19H20N4O2/c24-14-9-12(10-14)17(11-13-5-3-4-8-20-13)21-19(25)18-15-6-1-2-7-16(15)22-23-18/h1-8,12,14,17,24H,9-11H2,(H,21,25)(H,22,23)/t12?,14?,17-/m0/s1. The van der Waals surface area contributed by atoms with Crippen molar-refractivity contribution >= 4 is 16.8 Å². The van der Waals surface area contributed by atoms with Gasteiger partial charge in [0.05, 0.1) is 11.6 Å². The van der Waals surface area contributed by atoms with Crippen LogP contribution in [-0.2, 0) is 6.42 Å². The van der Waals surface area contributed by atoms with Crippen LogP contribution >= 0.6 is 0 Å². The summed E-state index contributed by atoms with van der Waals surface area (Å²) in [5, 5.41) is 20.6. The number of benzene rings is 1. The maximum Gasteiger partial charge on any atom is 0.272 e. The van der Waals surface area contributed by atoms with Gasteiger partial charge in [0.25, 0.3) is 5.91 Å². The summed E-state index contributed by atoms with van der Waals surface area (Å²) in [5.74, 6) is 0.0610. The van der Waals surface area contributed by atoms with Gasteiger partial charge in [-0.1, -0.05) is 24.3 Å². The summed E-state index contributed by atoms with van der Waals surface area (Å²) < 4.78 is 0. The summed E-state index contributed by atoms with van der Waals surface area (Å²) in [4.78, 5) is 17.1. The summed E-state index contributed by atoms with van der Waals surface area (Å²) in [6, 6.07) is 13.3. The van der Waals surface area contributed by atoms with E-state index < -0.39 is 0 Å². The predicted octanol–water partition coefficient (Wildman–Crippen LogP) is 2.07. The number of H-pyrrole nitrogens is 1. The number of rotatable bonds is 5. The Kier molecular flexibility index (Phi) is 4.19. The number of nitrogens with one attached hydrogen (secondary N) is 2. The fourth-order valence-electron chi connectivity index (χ4n) is 3.41. The lowest BCUT2D eigenvalue weighted by Gasteiger charge is -2.38. The number of aromatic amines is 1. The number of pyridine rings is 1. The largest absolute Gasteiger partial charge is 0.393 e. The molecule has 0 unspecified atom stereocenters. The number of para-hydroxylation sites is 1. The van der Waals surface area contributed by atoms with Crippen LogP contribution in [0.15, 0.2) is 48.7 Å². The normalized spacial score (nSPS) is 20.8. The minimum atomic E-state index is -0.264. The Labute approximate surface area is 145 Å². The van der Waals surface area contributed by atoms with Gasteiger partial charge < -0.3 is 10.4 Å². The van der Waals surface area contributed by atoms with Crippen LogP contribution in [0, 0.1) is 5.92 Å². The van der Waals surface area contributed by atoms with Gasteiger partial charge in [-0.3, -0.25) is 14.9 Å². The zero-order valence-electron chi connectivity index (χ0n) is 13.7. The topological polar surface area (TPSA) is 90.9 Å². The van der Waals surface area contributed by atoms with Gasteiger partial charge in [-0.05, 0) is 37.0 Å². The molecule has 0 saturated heterocycles. The SMILES string of the molecule is O=C(N[C@@H](Cc1ccccn1)C1CC(O)C1)c1n[nH]c2ccccc12. The zero-order chi connectivity index (χ0) is 17.2. The van der Waals surface area contributed by atoms with Crippen molar-refractivity contribution in [2.45, 2.75) is 31.4 Å². The lowest BCUT2D eigenvalue weighted by Crippen LogP contribution is -2.48. The maximum absolute atomic E-state index is 12.8. The molecule has 4 rings (SSSR count). The lowest BCUT2D eigenvalue weighted by molar-refractivity contribution is 0.0237. The van der Waals surface area contributed by atoms with Crippen molar-refractivity contribution in [2.75, 3.05) is 0 Å². The fraction of sp³-hybridized carbons (Fsp3) is 0.316. The quantitative estimate of drug-likeness (QED) is 0.665. The van der Waals surface area contributed by atoms with E-state index in [9.17, 15) is 9.90 Å². The average Bonchev–Trinajstić information content (AvgIpc) is 3.03. The molecule has 0 bridgehead atoms. The predicted molar refractivity (Wildman–Crippen MR) is 94.0 cm³/mol. The molecule has 128 valence electrons. The molecule has 1 amide bonds. The van der Waals surface area contributed by atoms with Crippen molar-refractivity contribution in [1.29, 1.82) is 0 Å². The molecule has 1 aliphatic rings. The Morgan fingerprint density at radius 2 is 2.04 bits per heavy atom. The van der Waals surface area contributed by atoms with Crippen LogP contribution in [0.3, 0.4) is 0 Å². The first kappa shape index (κ1) is 15.8. The molecule has 0 spiro atoms. The van der Waals surface area contributed by atoms with E-state index in [0.29, 0.717) is 25.0 Å². The fourth-order valence-corrected chi connectivity index (χ4v) is 3.41. The van der Waals surface area contributed by atoms with Crippen LogP contribution < -0.4 is 5.32 Å². The van der Waals surface area contributed by atoms with E-state index in [0.717, 1.165) is 16.6 Å². The third-order valence-corrected chi connectivity index (χ3v) is 4.88. The molecular formula is C19H20N4O2. The van der Waals surface area contributed by atoms with Gasteiger partial charge >= 0.3 is 0 Å². The Hall–Kier alpha value is -2.73. The molecule has 1 fully saturated rings. The second-order valence-electron chi connectivity index (χ2n) is 6.61. The van der Waals surface area contributed by atoms with Gasteiger partial charge in [-0.25, -0.2) is 0 Å². The van der Waals surface area contributed by atoms with E-state index in [2.05, 4.69) is 20.5 Å². The van der Waals surface area contributed by atoms with Crippen molar-refractivity contribution in [3.63, 3.8) is 0 Å². The number of fused-ring (bicyclic) bond motifs is 1. The first-order valence-corrected chi connectivity index (χ1v) is 8.52. The maximum atomic E-state index is 12.8. The molecule has 2 aromatic heterocycles. The van der Waals surface area contributed by atoms with Crippen LogP contribution in [0.5, 0.6) is 0 Å². The molecule has 25 heavy (non-hydrogen) atoms. The van der Waals surface area contributed by atoms with Gasteiger partial charge in [0.2, 0.25) is 0 Å². The van der Waals surface area contributed by atoms with E-state index in [1.165, 1.54) is 0 Å². The molecule has 0 aliphatic heterocycles. The number of nitrogens with zero attached hydrogens (tertiary/aromatic N) is 2. The van der Waals surface area contributed by atoms with Gasteiger partial charge in [0.15, 0.2) is 5.69 Å². The first-order chi connectivity index (χ1) is 12.2. The molecule has 1 aliphatic carbocycles. The number of hydrogen-bond acceptors (Lipinski definition) is 4. The number of hydrogen-bond donors (Lipinski definition) is 3. The van der Waals surface area contributed by atoms with Gasteiger partial charge in [-0.15, -0.1) is 0 Å². The third-order valence-electron chi connectivity index (χ3n) is 4.88. The molecule has 1 aromatic carbocycles. The summed E-state index contributed by atoms with van der Waals surface area (Å²) in [6.45, 7) is 0. The smallest absolute Gasteiger partial charge is 0.272 e. The van der Waals surface area contributed by atoms with Crippen LogP contribution in [0.1, 0.15) is 29.0 Å². The van der Waals surface area contributed by atoms with Gasteiger partial charge in [-0.2, -0.15) is 5.10 Å². The molecule has 3 N–H and O–H groups in total. The van der Waals surface area contributed by atoms with Crippen LogP contribution in [0.25, 0.3) is 10.9 Å². The second-order valence-corrected chi connectivity index (χ2v) is 6.61. The van der Waals surface area contributed by atoms with E-state index in [-0.39, 0.29) is 24.0 Å². The minimum Gasteiger partial charge on any atom is -0.393 e. The summed E-state index contributed by atoms with van der Waals surface area (Å²) >= 11 is 0. The Morgan fingerprint density at radius 3 is 2.80 bits per heavy atom. The highest BCUT2D eigenvalue weighted by molar-refractivity contribution is 6.04. The Bertz CT molecular complexity index is 871. The van der Waals surface area contributed by atoms with E-state index >= 15 is 0 Å². The molecule has 6 heteroatoms. The second kappa shape index (κ2) is 6.64. The zero-order valence-corrected chi connectivity index (χ0v) is 13.7.